The maximum atomic E-state index is 13.4. The number of halogens is 1. The van der Waals surface area contributed by atoms with Gasteiger partial charge in [-0.25, -0.2) is 5.01 Å². The predicted octanol–water partition coefficient (Wildman–Crippen LogP) is 5.84. The van der Waals surface area contributed by atoms with Crippen LogP contribution >= 0.6 is 15.9 Å². The van der Waals surface area contributed by atoms with Crippen LogP contribution in [0.2, 0.25) is 0 Å². The van der Waals surface area contributed by atoms with Crippen LogP contribution in [0.3, 0.4) is 0 Å². The van der Waals surface area contributed by atoms with E-state index >= 15 is 0 Å². The smallest absolute Gasteiger partial charge is 0.281 e. The predicted molar refractivity (Wildman–Crippen MR) is 149 cm³/mol. The number of hydrazone groups is 1. The Bertz CT molecular complexity index is 1480. The molecule has 0 radical (unpaired) electrons. The van der Waals surface area contributed by atoms with E-state index in [1.165, 1.54) is 5.01 Å². The molecule has 0 saturated carbocycles. The Morgan fingerprint density at radius 3 is 2.36 bits per heavy atom. The van der Waals surface area contributed by atoms with Crippen molar-refractivity contribution >= 4 is 27.5 Å². The fourth-order valence-corrected chi connectivity index (χ4v) is 4.56. The first-order chi connectivity index (χ1) is 19.0. The SMILES string of the molecule is CCc1nnc(-c2ccc(OCC(=O)N3N=C(c4ccc(Br)cc4)CC3c3ccc(OC)c(OC)c3)cc2)o1. The van der Waals surface area contributed by atoms with Gasteiger partial charge in [0.1, 0.15) is 5.75 Å². The van der Waals surface area contributed by atoms with E-state index in [2.05, 4.69) is 26.1 Å². The van der Waals surface area contributed by atoms with Gasteiger partial charge in [0.2, 0.25) is 11.8 Å². The molecule has 0 bridgehead atoms. The van der Waals surface area contributed by atoms with Crippen LogP contribution in [0.5, 0.6) is 17.2 Å². The monoisotopic (exact) mass is 590 g/mol. The second-order valence-corrected chi connectivity index (χ2v) is 9.71. The Balaban J connectivity index is 1.35. The van der Waals surface area contributed by atoms with Crippen molar-refractivity contribution in [3.63, 3.8) is 0 Å². The van der Waals surface area contributed by atoms with Crippen LogP contribution in [0, 0.1) is 0 Å². The van der Waals surface area contributed by atoms with Crippen molar-refractivity contribution < 1.29 is 23.4 Å². The minimum Gasteiger partial charge on any atom is -0.493 e. The summed E-state index contributed by atoms with van der Waals surface area (Å²) in [5.74, 6) is 2.50. The molecule has 9 nitrogen and oxygen atoms in total. The molecule has 0 aliphatic carbocycles. The van der Waals surface area contributed by atoms with Gasteiger partial charge in [-0.15, -0.1) is 10.2 Å². The summed E-state index contributed by atoms with van der Waals surface area (Å²) in [6.07, 6.45) is 1.21. The van der Waals surface area contributed by atoms with Crippen molar-refractivity contribution in [2.75, 3.05) is 20.8 Å². The molecule has 2 heterocycles. The number of nitrogens with zero attached hydrogens (tertiary/aromatic N) is 4. The molecular formula is C29H27BrN4O5. The van der Waals surface area contributed by atoms with Gasteiger partial charge in [0.05, 0.1) is 26.0 Å². The Kier molecular flexibility index (Phi) is 7.92. The van der Waals surface area contributed by atoms with Gasteiger partial charge in [0.15, 0.2) is 18.1 Å². The van der Waals surface area contributed by atoms with E-state index in [1.54, 1.807) is 26.4 Å². The summed E-state index contributed by atoms with van der Waals surface area (Å²) in [5.41, 5.74) is 3.42. The molecule has 1 unspecified atom stereocenters. The highest BCUT2D eigenvalue weighted by molar-refractivity contribution is 9.10. The number of benzene rings is 3. The summed E-state index contributed by atoms with van der Waals surface area (Å²) in [5, 5.41) is 14.3. The zero-order chi connectivity index (χ0) is 27.4. The lowest BCUT2D eigenvalue weighted by molar-refractivity contribution is -0.135. The first kappa shape index (κ1) is 26.4. The molecule has 1 amide bonds. The van der Waals surface area contributed by atoms with Crippen LogP contribution in [-0.4, -0.2) is 47.7 Å². The highest BCUT2D eigenvalue weighted by Crippen LogP contribution is 2.37. The Hall–Kier alpha value is -4.18. The lowest BCUT2D eigenvalue weighted by Crippen LogP contribution is -2.31. The average Bonchev–Trinajstić information content (AvgIpc) is 3.64. The molecule has 0 fully saturated rings. The molecule has 200 valence electrons. The summed E-state index contributed by atoms with van der Waals surface area (Å²) in [6.45, 7) is 1.77. The van der Waals surface area contributed by atoms with Gasteiger partial charge >= 0.3 is 0 Å². The number of rotatable bonds is 9. The number of hydrogen-bond donors (Lipinski definition) is 0. The van der Waals surface area contributed by atoms with Gasteiger partial charge in [-0.05, 0) is 59.7 Å². The van der Waals surface area contributed by atoms with Crippen LogP contribution < -0.4 is 14.2 Å². The van der Waals surface area contributed by atoms with Gasteiger partial charge in [-0.3, -0.25) is 4.79 Å². The summed E-state index contributed by atoms with van der Waals surface area (Å²) in [7, 11) is 3.18. The Labute approximate surface area is 234 Å². The van der Waals surface area contributed by atoms with Gasteiger partial charge in [0.25, 0.3) is 5.91 Å². The van der Waals surface area contributed by atoms with E-state index in [1.807, 2.05) is 61.5 Å². The second-order valence-electron chi connectivity index (χ2n) is 8.79. The number of carbonyl (C=O) groups is 1. The number of aryl methyl sites for hydroxylation is 1. The van der Waals surface area contributed by atoms with Crippen LogP contribution in [0.25, 0.3) is 11.5 Å². The van der Waals surface area contributed by atoms with Crippen LogP contribution in [0.15, 0.2) is 80.7 Å². The minimum atomic E-state index is -0.327. The molecule has 0 N–H and O–H groups in total. The molecule has 0 saturated heterocycles. The van der Waals surface area contributed by atoms with Crippen molar-refractivity contribution in [1.82, 2.24) is 15.2 Å². The maximum absolute atomic E-state index is 13.4. The average molecular weight is 591 g/mol. The Morgan fingerprint density at radius 2 is 1.69 bits per heavy atom. The van der Waals surface area contributed by atoms with Crippen LogP contribution in [-0.2, 0) is 11.2 Å². The van der Waals surface area contributed by atoms with Crippen LogP contribution in [0.4, 0.5) is 0 Å². The molecule has 1 aliphatic rings. The maximum Gasteiger partial charge on any atom is 0.281 e. The van der Waals surface area contributed by atoms with Crippen molar-refractivity contribution in [2.24, 2.45) is 5.10 Å². The molecule has 10 heteroatoms. The van der Waals surface area contributed by atoms with Crippen LogP contribution in [0.1, 0.15) is 36.4 Å². The van der Waals surface area contributed by atoms with Crippen molar-refractivity contribution in [3.8, 4) is 28.7 Å². The quantitative estimate of drug-likeness (QED) is 0.241. The van der Waals surface area contributed by atoms with Gasteiger partial charge in [0, 0.05) is 22.9 Å². The number of methoxy groups -OCH3 is 2. The third kappa shape index (κ3) is 5.80. The summed E-state index contributed by atoms with van der Waals surface area (Å²) < 4.78 is 23.3. The molecule has 1 atom stereocenters. The molecule has 0 spiro atoms. The first-order valence-electron chi connectivity index (χ1n) is 12.4. The summed E-state index contributed by atoms with van der Waals surface area (Å²) in [4.78, 5) is 13.4. The number of hydrogen-bond acceptors (Lipinski definition) is 8. The van der Waals surface area contributed by atoms with E-state index < -0.39 is 0 Å². The standard InChI is InChI=1S/C29H27BrN4O5/c1-4-27-31-32-29(39-27)19-7-12-22(13-8-19)38-17-28(35)34-24(20-9-14-25(36-2)26(15-20)37-3)16-23(33-34)18-5-10-21(30)11-6-18/h5-15,24H,4,16-17H2,1-3H3. The highest BCUT2D eigenvalue weighted by Gasteiger charge is 2.34. The van der Waals surface area contributed by atoms with E-state index in [4.69, 9.17) is 23.7 Å². The molecule has 1 aromatic heterocycles. The summed E-state index contributed by atoms with van der Waals surface area (Å²) in [6, 6.07) is 20.4. The van der Waals surface area contributed by atoms with Crippen molar-refractivity contribution in [1.29, 1.82) is 0 Å². The number of carbonyl (C=O) groups excluding carboxylic acids is 1. The highest BCUT2D eigenvalue weighted by atomic mass is 79.9. The fraction of sp³-hybridized carbons (Fsp3) is 0.241. The lowest BCUT2D eigenvalue weighted by atomic mass is 9.98. The Morgan fingerprint density at radius 1 is 0.974 bits per heavy atom. The first-order valence-corrected chi connectivity index (χ1v) is 13.2. The van der Waals surface area contributed by atoms with E-state index in [0.717, 1.165) is 26.9 Å². The second kappa shape index (κ2) is 11.7. The van der Waals surface area contributed by atoms with E-state index in [0.29, 0.717) is 41.9 Å². The van der Waals surface area contributed by atoms with Gasteiger partial charge in [-0.1, -0.05) is 41.1 Å². The molecule has 4 aromatic rings. The molecule has 5 rings (SSSR count). The topological polar surface area (TPSA) is 99.3 Å². The van der Waals surface area contributed by atoms with Crippen molar-refractivity contribution in [3.05, 3.63) is 88.2 Å². The fourth-order valence-electron chi connectivity index (χ4n) is 4.29. The van der Waals surface area contributed by atoms with Gasteiger partial charge < -0.3 is 18.6 Å². The van der Waals surface area contributed by atoms with Crippen molar-refractivity contribution in [2.45, 2.75) is 25.8 Å². The number of amides is 1. The zero-order valence-corrected chi connectivity index (χ0v) is 23.3. The molecular weight excluding hydrogens is 564 g/mol. The lowest BCUT2D eigenvalue weighted by Gasteiger charge is -2.23. The third-order valence-electron chi connectivity index (χ3n) is 6.37. The largest absolute Gasteiger partial charge is 0.493 e. The normalized spacial score (nSPS) is 14.7. The molecule has 39 heavy (non-hydrogen) atoms. The van der Waals surface area contributed by atoms with Gasteiger partial charge in [-0.2, -0.15) is 5.10 Å². The molecule has 1 aliphatic heterocycles. The van der Waals surface area contributed by atoms with E-state index in [9.17, 15) is 4.79 Å². The number of ether oxygens (including phenoxy) is 3. The third-order valence-corrected chi connectivity index (χ3v) is 6.90. The molecule has 3 aromatic carbocycles. The zero-order valence-electron chi connectivity index (χ0n) is 21.8. The minimum absolute atomic E-state index is 0.180. The summed E-state index contributed by atoms with van der Waals surface area (Å²) >= 11 is 3.47. The number of aromatic nitrogens is 2. The van der Waals surface area contributed by atoms with E-state index in [-0.39, 0.29) is 18.6 Å².